The predicted molar refractivity (Wildman–Crippen MR) is 324 cm³/mol. The molecule has 0 heterocycles. The van der Waals surface area contributed by atoms with Crippen LogP contribution in [-0.2, 0) is 14.3 Å². The molecule has 0 rings (SSSR count). The minimum atomic E-state index is -0.677. The third-order valence-electron chi connectivity index (χ3n) is 15.4. The maximum absolute atomic E-state index is 12.5. The lowest BCUT2D eigenvalue weighted by Gasteiger charge is -2.22. The molecule has 0 aliphatic heterocycles. The smallest absolute Gasteiger partial charge is 0.305 e. The summed E-state index contributed by atoms with van der Waals surface area (Å²) in [5.41, 5.74) is 0. The number of amides is 1. The molecular weight excluding hydrogens is 911 g/mol. The Kier molecular flexibility index (Phi) is 62.0. The SMILES string of the molecule is CCCCCCCCC/C=C\CCCCCCCCCC(=O)OCCCCC/C=C\C/C=C\CCCCCCCCCC(=O)NC(CO)C(O)CCCCCCCCCCCCCCCCCCCCCCCC. The monoisotopic (exact) mass is 1040 g/mol. The number of aliphatic hydroxyl groups is 2. The number of carbonyl (C=O) groups excluding carboxylic acids is 2. The maximum atomic E-state index is 12.5. The zero-order chi connectivity index (χ0) is 53.6. The van der Waals surface area contributed by atoms with Crippen LogP contribution in [0.1, 0.15) is 361 Å². The first kappa shape index (κ1) is 72.1. The van der Waals surface area contributed by atoms with Gasteiger partial charge >= 0.3 is 5.97 Å². The Hall–Kier alpha value is -1.92. The molecule has 0 spiro atoms. The molecule has 0 fully saturated rings. The number of unbranched alkanes of at least 4 members (excludes halogenated alkanes) is 45. The number of ether oxygens (including phenoxy) is 1. The summed E-state index contributed by atoms with van der Waals surface area (Å²) < 4.78 is 5.47. The van der Waals surface area contributed by atoms with Crippen LogP contribution in [0, 0.1) is 0 Å². The lowest BCUT2D eigenvalue weighted by atomic mass is 10.0. The Balaban J connectivity index is 3.48. The van der Waals surface area contributed by atoms with E-state index in [0.29, 0.717) is 25.9 Å². The van der Waals surface area contributed by atoms with Crippen molar-refractivity contribution >= 4 is 11.9 Å². The Bertz CT molecular complexity index is 1200. The summed E-state index contributed by atoms with van der Waals surface area (Å²) in [6.45, 7) is 4.93. The van der Waals surface area contributed by atoms with Crippen LogP contribution in [0.25, 0.3) is 0 Å². The van der Waals surface area contributed by atoms with Crippen molar-refractivity contribution in [3.63, 3.8) is 0 Å². The molecular formula is C68H129NO5. The fourth-order valence-electron chi connectivity index (χ4n) is 10.3. The Morgan fingerprint density at radius 2 is 0.676 bits per heavy atom. The van der Waals surface area contributed by atoms with Gasteiger partial charge in [0.2, 0.25) is 5.91 Å². The number of esters is 1. The molecule has 1 amide bonds. The highest BCUT2D eigenvalue weighted by Crippen LogP contribution is 2.18. The first-order chi connectivity index (χ1) is 36.5. The van der Waals surface area contributed by atoms with Gasteiger partial charge in [0.15, 0.2) is 0 Å². The fraction of sp³-hybridized carbons (Fsp3) is 0.882. The van der Waals surface area contributed by atoms with Gasteiger partial charge in [-0.05, 0) is 89.9 Å². The largest absolute Gasteiger partial charge is 0.466 e. The maximum Gasteiger partial charge on any atom is 0.305 e. The number of aliphatic hydroxyl groups excluding tert-OH is 2. The summed E-state index contributed by atoms with van der Waals surface area (Å²) in [6.07, 6.45) is 80.2. The van der Waals surface area contributed by atoms with E-state index in [1.807, 2.05) is 0 Å². The van der Waals surface area contributed by atoms with Crippen LogP contribution in [-0.4, -0.2) is 47.4 Å². The predicted octanol–water partition coefficient (Wildman–Crippen LogP) is 21.1. The lowest BCUT2D eigenvalue weighted by Crippen LogP contribution is -2.45. The standard InChI is InChI=1S/C68H129NO5/c1-3-5-7-9-11-13-15-17-19-21-23-24-25-26-28-32-36-40-44-48-52-56-60-66(71)65(64-70)69-67(72)61-57-53-49-45-41-37-33-29-27-31-35-39-43-47-51-55-59-63-74-68(73)62-58-54-50-46-42-38-34-30-22-20-18-16-14-12-10-8-6-4-2/h20,22,27,31,39,43,65-66,70-71H,3-19,21,23-26,28-30,32-38,40-42,44-64H2,1-2H3,(H,69,72)/b22-20-,31-27-,43-39-. The van der Waals surface area contributed by atoms with Gasteiger partial charge in [-0.1, -0.05) is 294 Å². The lowest BCUT2D eigenvalue weighted by molar-refractivity contribution is -0.143. The third kappa shape index (κ3) is 59.3. The molecule has 0 saturated heterocycles. The van der Waals surface area contributed by atoms with Crippen molar-refractivity contribution in [1.29, 1.82) is 0 Å². The fourth-order valence-corrected chi connectivity index (χ4v) is 10.3. The van der Waals surface area contributed by atoms with Gasteiger partial charge in [-0.25, -0.2) is 0 Å². The summed E-state index contributed by atoms with van der Waals surface area (Å²) in [5, 5.41) is 23.4. The van der Waals surface area contributed by atoms with E-state index in [1.165, 1.54) is 244 Å². The summed E-state index contributed by atoms with van der Waals surface area (Å²) in [4.78, 5) is 24.6. The van der Waals surface area contributed by atoms with Crippen molar-refractivity contribution in [3.05, 3.63) is 36.5 Å². The van der Waals surface area contributed by atoms with E-state index in [2.05, 4.69) is 55.6 Å². The number of hydrogen-bond donors (Lipinski definition) is 3. The molecule has 0 bridgehead atoms. The molecule has 0 aromatic heterocycles. The topological polar surface area (TPSA) is 95.9 Å². The van der Waals surface area contributed by atoms with Gasteiger partial charge in [0.1, 0.15) is 0 Å². The summed E-state index contributed by atoms with van der Waals surface area (Å²) in [6, 6.07) is -0.556. The van der Waals surface area contributed by atoms with Gasteiger partial charge in [-0.2, -0.15) is 0 Å². The Morgan fingerprint density at radius 1 is 0.378 bits per heavy atom. The third-order valence-corrected chi connectivity index (χ3v) is 15.4. The highest BCUT2D eigenvalue weighted by molar-refractivity contribution is 5.76. The van der Waals surface area contributed by atoms with Gasteiger partial charge in [-0.15, -0.1) is 0 Å². The second-order valence-corrected chi connectivity index (χ2v) is 22.8. The highest BCUT2D eigenvalue weighted by Gasteiger charge is 2.20. The van der Waals surface area contributed by atoms with E-state index in [1.54, 1.807) is 0 Å². The van der Waals surface area contributed by atoms with E-state index >= 15 is 0 Å². The molecule has 0 radical (unpaired) electrons. The van der Waals surface area contributed by atoms with E-state index < -0.39 is 12.1 Å². The van der Waals surface area contributed by atoms with E-state index in [0.717, 1.165) is 83.5 Å². The van der Waals surface area contributed by atoms with Gasteiger partial charge in [0.25, 0.3) is 0 Å². The van der Waals surface area contributed by atoms with Crippen LogP contribution < -0.4 is 5.32 Å². The summed E-state index contributed by atoms with van der Waals surface area (Å²) in [5.74, 6) is -0.0656. The van der Waals surface area contributed by atoms with E-state index in [-0.39, 0.29) is 18.5 Å². The van der Waals surface area contributed by atoms with Gasteiger partial charge < -0.3 is 20.3 Å². The molecule has 2 unspecified atom stereocenters. The van der Waals surface area contributed by atoms with Crippen LogP contribution in [0.4, 0.5) is 0 Å². The minimum Gasteiger partial charge on any atom is -0.466 e. The normalized spacial score (nSPS) is 12.8. The molecule has 3 N–H and O–H groups in total. The second-order valence-electron chi connectivity index (χ2n) is 22.8. The number of hydrogen-bond acceptors (Lipinski definition) is 5. The molecule has 0 aliphatic carbocycles. The molecule has 0 aliphatic rings. The van der Waals surface area contributed by atoms with E-state index in [9.17, 15) is 19.8 Å². The molecule has 436 valence electrons. The van der Waals surface area contributed by atoms with Crippen LogP contribution in [0.2, 0.25) is 0 Å². The van der Waals surface area contributed by atoms with Crippen molar-refractivity contribution in [3.8, 4) is 0 Å². The summed E-state index contributed by atoms with van der Waals surface area (Å²) in [7, 11) is 0. The summed E-state index contributed by atoms with van der Waals surface area (Å²) >= 11 is 0. The van der Waals surface area contributed by atoms with Crippen LogP contribution in [0.5, 0.6) is 0 Å². The number of rotatable bonds is 62. The van der Waals surface area contributed by atoms with Crippen molar-refractivity contribution < 1.29 is 24.5 Å². The van der Waals surface area contributed by atoms with E-state index in [4.69, 9.17) is 4.74 Å². The number of carbonyl (C=O) groups is 2. The molecule has 0 aromatic carbocycles. The molecule has 6 nitrogen and oxygen atoms in total. The van der Waals surface area contributed by atoms with Crippen molar-refractivity contribution in [1.82, 2.24) is 5.32 Å². The molecule has 6 heteroatoms. The highest BCUT2D eigenvalue weighted by atomic mass is 16.5. The quantitative estimate of drug-likeness (QED) is 0.0320. The second kappa shape index (κ2) is 63.6. The van der Waals surface area contributed by atoms with Gasteiger partial charge in [0.05, 0.1) is 25.4 Å². The average Bonchev–Trinajstić information content (AvgIpc) is 3.40. The van der Waals surface area contributed by atoms with Crippen LogP contribution >= 0.6 is 0 Å². The van der Waals surface area contributed by atoms with Crippen LogP contribution in [0.3, 0.4) is 0 Å². The van der Waals surface area contributed by atoms with Crippen molar-refractivity contribution in [2.75, 3.05) is 13.2 Å². The molecule has 2 atom stereocenters. The molecule has 0 saturated carbocycles. The molecule has 74 heavy (non-hydrogen) atoms. The number of nitrogens with one attached hydrogen (secondary N) is 1. The average molecular weight is 1040 g/mol. The van der Waals surface area contributed by atoms with Crippen LogP contribution in [0.15, 0.2) is 36.5 Å². The Morgan fingerprint density at radius 3 is 1.04 bits per heavy atom. The Labute approximate surface area is 462 Å². The first-order valence-electron chi connectivity index (χ1n) is 33.2. The zero-order valence-corrected chi connectivity index (χ0v) is 49.8. The van der Waals surface area contributed by atoms with Crippen molar-refractivity contribution in [2.24, 2.45) is 0 Å². The van der Waals surface area contributed by atoms with Crippen molar-refractivity contribution in [2.45, 2.75) is 373 Å². The van der Waals surface area contributed by atoms with Gasteiger partial charge in [0, 0.05) is 12.8 Å². The minimum absolute atomic E-state index is 0.0177. The van der Waals surface area contributed by atoms with Gasteiger partial charge in [-0.3, -0.25) is 9.59 Å². The molecule has 0 aromatic rings. The number of allylic oxidation sites excluding steroid dienone is 6. The zero-order valence-electron chi connectivity index (χ0n) is 49.8. The first-order valence-corrected chi connectivity index (χ1v) is 33.2.